The van der Waals surface area contributed by atoms with Crippen LogP contribution in [0.25, 0.3) is 22.5 Å². The zero-order chi connectivity index (χ0) is 24.8. The second-order valence-corrected chi connectivity index (χ2v) is 8.34. The fourth-order valence-electron chi connectivity index (χ4n) is 3.53. The molecule has 0 aliphatic rings. The van der Waals surface area contributed by atoms with Gasteiger partial charge in [0.2, 0.25) is 5.88 Å². The third kappa shape index (κ3) is 6.54. The van der Waals surface area contributed by atoms with Gasteiger partial charge in [-0.3, -0.25) is 4.79 Å². The van der Waals surface area contributed by atoms with Crippen LogP contribution in [-0.2, 0) is 6.54 Å². The van der Waals surface area contributed by atoms with Crippen molar-refractivity contribution in [3.05, 3.63) is 94.3 Å². The Morgan fingerprint density at radius 2 is 1.66 bits per heavy atom. The van der Waals surface area contributed by atoms with Crippen LogP contribution in [0, 0.1) is 11.6 Å². The first-order chi connectivity index (χ1) is 16.9. The number of benzene rings is 2. The molecule has 0 fully saturated rings. The van der Waals surface area contributed by atoms with Gasteiger partial charge in [-0.25, -0.2) is 13.5 Å². The largest absolute Gasteiger partial charge is 0.477 e. The zero-order valence-corrected chi connectivity index (χ0v) is 19.5. The van der Waals surface area contributed by atoms with Crippen LogP contribution >= 0.6 is 0 Å². The molecule has 9 heteroatoms. The molecule has 0 saturated carbocycles. The molecular formula is C26H25F2N5O2. The molecule has 0 saturated heterocycles. The van der Waals surface area contributed by atoms with E-state index >= 15 is 0 Å². The maximum Gasteiger partial charge on any atom is 0.267 e. The van der Waals surface area contributed by atoms with Crippen molar-refractivity contribution >= 4 is 0 Å². The number of nitrogens with zero attached hydrogens (tertiary/aromatic N) is 5. The van der Waals surface area contributed by atoms with Gasteiger partial charge in [0, 0.05) is 35.9 Å². The molecule has 0 atom stereocenters. The lowest BCUT2D eigenvalue weighted by Crippen LogP contribution is -2.22. The van der Waals surface area contributed by atoms with E-state index in [9.17, 15) is 13.6 Å². The summed E-state index contributed by atoms with van der Waals surface area (Å²) in [5.74, 6) is -0.957. The highest BCUT2D eigenvalue weighted by atomic mass is 19.1. The number of ether oxygens (including phenoxy) is 1. The van der Waals surface area contributed by atoms with E-state index in [1.165, 1.54) is 28.9 Å². The smallest absolute Gasteiger partial charge is 0.267 e. The third-order valence-corrected chi connectivity index (χ3v) is 5.22. The summed E-state index contributed by atoms with van der Waals surface area (Å²) in [5.41, 5.74) is 2.52. The van der Waals surface area contributed by atoms with Crippen molar-refractivity contribution in [2.75, 3.05) is 27.2 Å². The Labute approximate surface area is 201 Å². The van der Waals surface area contributed by atoms with Gasteiger partial charge in [0.1, 0.15) is 11.6 Å². The third-order valence-electron chi connectivity index (χ3n) is 5.22. The van der Waals surface area contributed by atoms with Gasteiger partial charge in [-0.05, 0) is 56.4 Å². The lowest BCUT2D eigenvalue weighted by Gasteiger charge is -2.10. The van der Waals surface area contributed by atoms with Crippen molar-refractivity contribution in [1.82, 2.24) is 24.9 Å². The molecule has 2 aromatic heterocycles. The van der Waals surface area contributed by atoms with Crippen LogP contribution in [0.1, 0.15) is 12.0 Å². The van der Waals surface area contributed by atoms with Crippen molar-refractivity contribution in [2.24, 2.45) is 0 Å². The standard InChI is InChI=1S/C26H25F2N5O2/c1-32(2)11-4-12-35-25-9-7-23(29-30-25)19-6-3-5-18(13-19)17-33-26(34)10-8-24(31-33)20-14-21(27)16-22(28)15-20/h3,5-10,13-16H,4,11-12,17H2,1-2H3. The normalized spacial score (nSPS) is 11.1. The first kappa shape index (κ1) is 24.2. The Balaban J connectivity index is 1.49. The summed E-state index contributed by atoms with van der Waals surface area (Å²) in [6.45, 7) is 1.67. The van der Waals surface area contributed by atoms with Gasteiger partial charge in [0.15, 0.2) is 0 Å². The molecule has 0 amide bonds. The maximum absolute atomic E-state index is 13.6. The summed E-state index contributed by atoms with van der Waals surface area (Å²) < 4.78 is 34.1. The van der Waals surface area contributed by atoms with Crippen LogP contribution < -0.4 is 10.3 Å². The Morgan fingerprint density at radius 3 is 2.37 bits per heavy atom. The zero-order valence-electron chi connectivity index (χ0n) is 19.5. The Hall–Kier alpha value is -3.98. The molecule has 0 bridgehead atoms. The van der Waals surface area contributed by atoms with Crippen LogP contribution in [0.4, 0.5) is 8.78 Å². The second kappa shape index (κ2) is 11.0. The molecule has 0 spiro atoms. The minimum atomic E-state index is -0.710. The van der Waals surface area contributed by atoms with E-state index in [-0.39, 0.29) is 17.7 Å². The maximum atomic E-state index is 13.6. The second-order valence-electron chi connectivity index (χ2n) is 8.34. The number of hydrogen-bond donors (Lipinski definition) is 0. The van der Waals surface area contributed by atoms with Crippen LogP contribution in [0.15, 0.2) is 71.5 Å². The lowest BCUT2D eigenvalue weighted by molar-refractivity contribution is 0.271. The molecule has 0 aliphatic heterocycles. The Kier molecular flexibility index (Phi) is 7.57. The summed E-state index contributed by atoms with van der Waals surface area (Å²) in [5, 5.41) is 12.7. The number of halogens is 2. The van der Waals surface area contributed by atoms with Crippen LogP contribution in [-0.4, -0.2) is 52.1 Å². The van der Waals surface area contributed by atoms with E-state index in [1.807, 2.05) is 44.4 Å². The Bertz CT molecular complexity index is 1340. The van der Waals surface area contributed by atoms with Crippen molar-refractivity contribution in [2.45, 2.75) is 13.0 Å². The van der Waals surface area contributed by atoms with Crippen molar-refractivity contribution in [3.63, 3.8) is 0 Å². The fraction of sp³-hybridized carbons (Fsp3) is 0.231. The predicted molar refractivity (Wildman–Crippen MR) is 129 cm³/mol. The van der Waals surface area contributed by atoms with Crippen LogP contribution in [0.3, 0.4) is 0 Å². The van der Waals surface area contributed by atoms with Gasteiger partial charge < -0.3 is 9.64 Å². The van der Waals surface area contributed by atoms with Crippen molar-refractivity contribution < 1.29 is 13.5 Å². The fourth-order valence-corrected chi connectivity index (χ4v) is 3.53. The van der Waals surface area contributed by atoms with E-state index in [0.29, 0.717) is 23.9 Å². The van der Waals surface area contributed by atoms with Crippen molar-refractivity contribution in [3.8, 4) is 28.4 Å². The summed E-state index contributed by atoms with van der Waals surface area (Å²) in [7, 11) is 4.02. The monoisotopic (exact) mass is 477 g/mol. The number of hydrogen-bond acceptors (Lipinski definition) is 6. The van der Waals surface area contributed by atoms with Crippen LogP contribution in [0.2, 0.25) is 0 Å². The molecular weight excluding hydrogens is 452 g/mol. The molecule has 4 rings (SSSR count). The van der Waals surface area contributed by atoms with E-state index < -0.39 is 11.6 Å². The SMILES string of the molecule is CN(C)CCCOc1ccc(-c2cccc(Cn3nc(-c4cc(F)cc(F)c4)ccc3=O)c2)nn1. The molecule has 2 aromatic carbocycles. The highest BCUT2D eigenvalue weighted by Gasteiger charge is 2.09. The van der Waals surface area contributed by atoms with Gasteiger partial charge in [-0.1, -0.05) is 18.2 Å². The Morgan fingerprint density at radius 1 is 0.886 bits per heavy atom. The molecule has 180 valence electrons. The van der Waals surface area contributed by atoms with E-state index in [1.54, 1.807) is 6.07 Å². The molecule has 4 aromatic rings. The lowest BCUT2D eigenvalue weighted by atomic mass is 10.1. The molecule has 0 unspecified atom stereocenters. The van der Waals surface area contributed by atoms with Gasteiger partial charge in [0.25, 0.3) is 5.56 Å². The summed E-state index contributed by atoms with van der Waals surface area (Å²) in [6, 6.07) is 17.0. The summed E-state index contributed by atoms with van der Waals surface area (Å²) in [4.78, 5) is 14.5. The van der Waals surface area contributed by atoms with Gasteiger partial charge >= 0.3 is 0 Å². The predicted octanol–water partition coefficient (Wildman–Crippen LogP) is 4.02. The molecule has 0 aliphatic carbocycles. The van der Waals surface area contributed by atoms with Gasteiger partial charge in [-0.15, -0.1) is 10.2 Å². The van der Waals surface area contributed by atoms with Gasteiger partial charge in [0.05, 0.1) is 24.5 Å². The highest BCUT2D eigenvalue weighted by molar-refractivity contribution is 5.60. The molecule has 0 N–H and O–H groups in total. The quantitative estimate of drug-likeness (QED) is 0.339. The molecule has 2 heterocycles. The van der Waals surface area contributed by atoms with E-state index in [2.05, 4.69) is 20.2 Å². The number of rotatable bonds is 9. The van der Waals surface area contributed by atoms with E-state index in [4.69, 9.17) is 4.74 Å². The topological polar surface area (TPSA) is 73.1 Å². The van der Waals surface area contributed by atoms with Crippen LogP contribution in [0.5, 0.6) is 5.88 Å². The first-order valence-electron chi connectivity index (χ1n) is 11.1. The first-order valence-corrected chi connectivity index (χ1v) is 11.1. The summed E-state index contributed by atoms with van der Waals surface area (Å²) >= 11 is 0. The number of aromatic nitrogens is 4. The average molecular weight is 478 g/mol. The van der Waals surface area contributed by atoms with Crippen molar-refractivity contribution in [1.29, 1.82) is 0 Å². The molecule has 35 heavy (non-hydrogen) atoms. The minimum absolute atomic E-state index is 0.179. The van der Waals surface area contributed by atoms with E-state index in [0.717, 1.165) is 30.2 Å². The molecule has 0 radical (unpaired) electrons. The van der Waals surface area contributed by atoms with Gasteiger partial charge in [-0.2, -0.15) is 5.10 Å². The minimum Gasteiger partial charge on any atom is -0.477 e. The summed E-state index contributed by atoms with van der Waals surface area (Å²) in [6.07, 6.45) is 0.890. The molecule has 7 nitrogen and oxygen atoms in total. The highest BCUT2D eigenvalue weighted by Crippen LogP contribution is 2.21. The average Bonchev–Trinajstić information content (AvgIpc) is 2.83.